The maximum absolute atomic E-state index is 5.95. The molecule has 4 aromatic carbocycles. The first-order valence-electron chi connectivity index (χ1n) is 13.2. The van der Waals surface area contributed by atoms with E-state index in [4.69, 9.17) is 29.3 Å². The number of oxazole rings is 1. The van der Waals surface area contributed by atoms with E-state index in [-0.39, 0.29) is 0 Å². The molecule has 7 nitrogen and oxygen atoms in total. The topological polar surface area (TPSA) is 90.5 Å². The van der Waals surface area contributed by atoms with Gasteiger partial charge in [-0.2, -0.15) is 0 Å². The molecule has 4 aromatic heterocycles. The minimum absolute atomic E-state index is 0.480. The molecule has 0 spiro atoms. The van der Waals surface area contributed by atoms with Gasteiger partial charge in [0.05, 0.1) is 11.0 Å². The summed E-state index contributed by atoms with van der Waals surface area (Å²) in [5.41, 5.74) is 6.35. The molecule has 0 N–H and O–H groups in total. The smallest absolute Gasteiger partial charge is 0.227 e. The Hall–Kier alpha value is -5.82. The van der Waals surface area contributed by atoms with Crippen LogP contribution in [0.15, 0.2) is 126 Å². The van der Waals surface area contributed by atoms with Crippen molar-refractivity contribution in [2.75, 3.05) is 0 Å². The SMILES string of the molecule is c1ccc2nc(-c3nc(-c4ccc(-c5nc6ccccc6o5)cc4)nc(-c4ccc5ccccc5n4)n3)ccc2c1. The number of aromatic nitrogens is 6. The Kier molecular flexibility index (Phi) is 5.31. The van der Waals surface area contributed by atoms with Crippen LogP contribution < -0.4 is 0 Å². The number of para-hydroxylation sites is 4. The van der Waals surface area contributed by atoms with Crippen LogP contribution in [0.1, 0.15) is 0 Å². The average Bonchev–Trinajstić information content (AvgIpc) is 3.49. The van der Waals surface area contributed by atoms with Gasteiger partial charge >= 0.3 is 0 Å². The van der Waals surface area contributed by atoms with E-state index in [0.29, 0.717) is 34.8 Å². The molecule has 8 rings (SSSR count). The van der Waals surface area contributed by atoms with Gasteiger partial charge in [-0.15, -0.1) is 0 Å². The molecule has 0 amide bonds. The second-order valence-electron chi connectivity index (χ2n) is 9.65. The first kappa shape index (κ1) is 23.1. The van der Waals surface area contributed by atoms with Gasteiger partial charge in [0.25, 0.3) is 0 Å². The summed E-state index contributed by atoms with van der Waals surface area (Å²) in [6.45, 7) is 0. The molecule has 0 atom stereocenters. The third kappa shape index (κ3) is 4.26. The van der Waals surface area contributed by atoms with Gasteiger partial charge in [-0.1, -0.05) is 72.8 Å². The number of benzene rings is 4. The quantitative estimate of drug-likeness (QED) is 0.230. The summed E-state index contributed by atoms with van der Waals surface area (Å²) in [5, 5.41) is 2.11. The van der Waals surface area contributed by atoms with E-state index in [1.54, 1.807) is 0 Å². The van der Waals surface area contributed by atoms with E-state index in [1.165, 1.54) is 0 Å². The number of pyridine rings is 2. The van der Waals surface area contributed by atoms with Crippen molar-refractivity contribution in [3.63, 3.8) is 0 Å². The molecule has 8 aromatic rings. The molecule has 0 saturated carbocycles. The van der Waals surface area contributed by atoms with Gasteiger partial charge in [-0.25, -0.2) is 29.9 Å². The predicted molar refractivity (Wildman–Crippen MR) is 160 cm³/mol. The first-order valence-corrected chi connectivity index (χ1v) is 13.2. The fourth-order valence-corrected chi connectivity index (χ4v) is 4.87. The second-order valence-corrected chi connectivity index (χ2v) is 9.65. The molecule has 4 heterocycles. The number of hydrogen-bond donors (Lipinski definition) is 0. The highest BCUT2D eigenvalue weighted by molar-refractivity contribution is 5.82. The normalized spacial score (nSPS) is 11.4. The van der Waals surface area contributed by atoms with Crippen molar-refractivity contribution in [1.29, 1.82) is 0 Å². The van der Waals surface area contributed by atoms with Crippen molar-refractivity contribution in [3.05, 3.63) is 121 Å². The Bertz CT molecular complexity index is 2090. The van der Waals surface area contributed by atoms with Gasteiger partial charge in [0.1, 0.15) is 16.9 Å². The van der Waals surface area contributed by atoms with Crippen molar-refractivity contribution < 1.29 is 4.42 Å². The molecule has 0 bridgehead atoms. The lowest BCUT2D eigenvalue weighted by Crippen LogP contribution is -2.02. The third-order valence-corrected chi connectivity index (χ3v) is 6.97. The fraction of sp³-hybridized carbons (Fsp3) is 0. The summed E-state index contributed by atoms with van der Waals surface area (Å²) in [6, 6.07) is 39.5. The molecular weight excluding hydrogens is 508 g/mol. The summed E-state index contributed by atoms with van der Waals surface area (Å²) in [6.07, 6.45) is 0. The van der Waals surface area contributed by atoms with E-state index < -0.39 is 0 Å². The van der Waals surface area contributed by atoms with E-state index in [1.807, 2.05) is 121 Å². The van der Waals surface area contributed by atoms with Gasteiger partial charge in [-0.3, -0.25) is 0 Å². The summed E-state index contributed by atoms with van der Waals surface area (Å²) in [4.78, 5) is 28.8. The summed E-state index contributed by atoms with van der Waals surface area (Å²) < 4.78 is 5.95. The highest BCUT2D eigenvalue weighted by atomic mass is 16.3. The number of rotatable bonds is 4. The molecule has 0 radical (unpaired) electrons. The number of hydrogen-bond acceptors (Lipinski definition) is 7. The van der Waals surface area contributed by atoms with E-state index in [9.17, 15) is 0 Å². The van der Waals surface area contributed by atoms with Crippen molar-refractivity contribution in [2.24, 2.45) is 0 Å². The minimum atomic E-state index is 0.480. The van der Waals surface area contributed by atoms with Crippen LogP contribution in [0.4, 0.5) is 0 Å². The van der Waals surface area contributed by atoms with Crippen LogP contribution in [0.25, 0.3) is 78.8 Å². The average molecular weight is 529 g/mol. The monoisotopic (exact) mass is 528 g/mol. The van der Waals surface area contributed by atoms with E-state index in [0.717, 1.165) is 44.0 Å². The Balaban J connectivity index is 1.25. The molecule has 0 saturated heterocycles. The van der Waals surface area contributed by atoms with Crippen LogP contribution in [0.3, 0.4) is 0 Å². The summed E-state index contributed by atoms with van der Waals surface area (Å²) in [5.74, 6) is 2.05. The van der Waals surface area contributed by atoms with Crippen molar-refractivity contribution in [3.8, 4) is 45.9 Å². The Labute approximate surface area is 234 Å². The van der Waals surface area contributed by atoms with Crippen LogP contribution in [-0.2, 0) is 0 Å². The van der Waals surface area contributed by atoms with Crippen LogP contribution in [0.2, 0.25) is 0 Å². The van der Waals surface area contributed by atoms with Crippen molar-refractivity contribution in [2.45, 2.75) is 0 Å². The zero-order chi connectivity index (χ0) is 27.2. The Morgan fingerprint density at radius 2 is 0.878 bits per heavy atom. The lowest BCUT2D eigenvalue weighted by Gasteiger charge is -2.09. The van der Waals surface area contributed by atoms with Crippen LogP contribution in [-0.4, -0.2) is 29.9 Å². The molecule has 192 valence electrons. The Morgan fingerprint density at radius 1 is 0.366 bits per heavy atom. The zero-order valence-corrected chi connectivity index (χ0v) is 21.6. The molecule has 7 heteroatoms. The molecule has 0 aliphatic heterocycles. The number of fused-ring (bicyclic) bond motifs is 3. The molecule has 0 fully saturated rings. The first-order chi connectivity index (χ1) is 20.3. The van der Waals surface area contributed by atoms with Crippen LogP contribution >= 0.6 is 0 Å². The van der Waals surface area contributed by atoms with Crippen LogP contribution in [0.5, 0.6) is 0 Å². The highest BCUT2D eigenvalue weighted by Crippen LogP contribution is 2.29. The largest absolute Gasteiger partial charge is 0.436 e. The van der Waals surface area contributed by atoms with E-state index >= 15 is 0 Å². The van der Waals surface area contributed by atoms with E-state index in [2.05, 4.69) is 4.98 Å². The predicted octanol–water partition coefficient (Wildman–Crippen LogP) is 7.78. The van der Waals surface area contributed by atoms with Gasteiger partial charge in [0, 0.05) is 21.9 Å². The summed E-state index contributed by atoms with van der Waals surface area (Å²) in [7, 11) is 0. The van der Waals surface area contributed by atoms with Gasteiger partial charge in [-0.05, 0) is 48.5 Å². The Morgan fingerprint density at radius 3 is 1.49 bits per heavy atom. The molecule has 41 heavy (non-hydrogen) atoms. The van der Waals surface area contributed by atoms with Gasteiger partial charge < -0.3 is 4.42 Å². The van der Waals surface area contributed by atoms with Crippen LogP contribution in [0, 0.1) is 0 Å². The number of nitrogens with zero attached hydrogens (tertiary/aromatic N) is 6. The zero-order valence-electron chi connectivity index (χ0n) is 21.6. The second kappa shape index (κ2) is 9.43. The maximum atomic E-state index is 5.95. The molecule has 0 aliphatic carbocycles. The van der Waals surface area contributed by atoms with Gasteiger partial charge in [0.15, 0.2) is 23.1 Å². The standard InChI is InChI=1S/C34H20N6O/c1-3-9-25-21(7-1)17-19-28(35-25)32-38-31(39-33(40-32)29-20-18-22-8-2-4-10-26(22)36-29)23-13-15-24(16-14-23)34-37-27-11-5-6-12-30(27)41-34/h1-20H. The van der Waals surface area contributed by atoms with Crippen molar-refractivity contribution >= 4 is 32.9 Å². The lowest BCUT2D eigenvalue weighted by molar-refractivity contribution is 0.620. The minimum Gasteiger partial charge on any atom is -0.436 e. The lowest BCUT2D eigenvalue weighted by atomic mass is 10.1. The molecular formula is C34H20N6O. The molecule has 0 aliphatic rings. The highest BCUT2D eigenvalue weighted by Gasteiger charge is 2.16. The fourth-order valence-electron chi connectivity index (χ4n) is 4.87. The third-order valence-electron chi connectivity index (χ3n) is 6.97. The van der Waals surface area contributed by atoms with Crippen molar-refractivity contribution in [1.82, 2.24) is 29.9 Å². The summed E-state index contributed by atoms with van der Waals surface area (Å²) >= 11 is 0. The van der Waals surface area contributed by atoms with Gasteiger partial charge in [0.2, 0.25) is 5.89 Å². The molecule has 0 unspecified atom stereocenters. The maximum Gasteiger partial charge on any atom is 0.227 e.